The quantitative estimate of drug-likeness (QED) is 0.823. The number of hydrogen-bond acceptors (Lipinski definition) is 4. The molecule has 0 aromatic heterocycles. The number of rotatable bonds is 6. The predicted molar refractivity (Wildman–Crippen MR) is 87.4 cm³/mol. The second-order valence-corrected chi connectivity index (χ2v) is 7.88. The van der Waals surface area contributed by atoms with E-state index >= 15 is 0 Å². The molecule has 6 nitrogen and oxygen atoms in total. The zero-order chi connectivity index (χ0) is 17.9. The second-order valence-electron chi connectivity index (χ2n) is 5.86. The van der Waals surface area contributed by atoms with Crippen LogP contribution < -0.4 is 5.32 Å². The van der Waals surface area contributed by atoms with Gasteiger partial charge in [-0.05, 0) is 43.0 Å². The minimum absolute atomic E-state index is 0.0427. The van der Waals surface area contributed by atoms with Crippen LogP contribution in [0, 0.1) is 19.8 Å². The summed E-state index contributed by atoms with van der Waals surface area (Å²) in [5.74, 6) is -1.93. The zero-order valence-corrected chi connectivity index (χ0v) is 14.8. The molecule has 0 fully saturated rings. The lowest BCUT2D eigenvalue weighted by Crippen LogP contribution is -2.45. The van der Waals surface area contributed by atoms with E-state index in [1.807, 2.05) is 6.92 Å². The summed E-state index contributed by atoms with van der Waals surface area (Å²) in [4.78, 5) is 23.8. The van der Waals surface area contributed by atoms with E-state index in [1.165, 1.54) is 12.1 Å². The molecule has 0 aliphatic rings. The molecule has 1 aromatic carbocycles. The summed E-state index contributed by atoms with van der Waals surface area (Å²) in [7, 11) is -3.46. The number of nitrogens with one attached hydrogen (secondary N) is 1. The van der Waals surface area contributed by atoms with Crippen LogP contribution in [0.4, 0.5) is 0 Å². The van der Waals surface area contributed by atoms with Crippen molar-refractivity contribution in [1.82, 2.24) is 5.32 Å². The van der Waals surface area contributed by atoms with Gasteiger partial charge in [-0.15, -0.1) is 0 Å². The van der Waals surface area contributed by atoms with Gasteiger partial charge in [-0.2, -0.15) is 0 Å². The lowest BCUT2D eigenvalue weighted by molar-refractivity contribution is -0.140. The van der Waals surface area contributed by atoms with Gasteiger partial charge >= 0.3 is 5.97 Å². The Kier molecular flexibility index (Phi) is 5.93. The molecule has 0 radical (unpaired) electrons. The van der Waals surface area contributed by atoms with Gasteiger partial charge in [0, 0.05) is 11.8 Å². The summed E-state index contributed by atoms with van der Waals surface area (Å²) in [6, 6.07) is 1.78. The number of aryl methyl sites for hydroxylation is 1. The van der Waals surface area contributed by atoms with E-state index < -0.39 is 27.8 Å². The molecule has 2 N–H and O–H groups in total. The van der Waals surface area contributed by atoms with Crippen LogP contribution in [-0.4, -0.2) is 37.7 Å². The van der Waals surface area contributed by atoms with Gasteiger partial charge in [-0.3, -0.25) is 4.79 Å². The molecule has 23 heavy (non-hydrogen) atoms. The first-order valence-electron chi connectivity index (χ1n) is 7.34. The monoisotopic (exact) mass is 341 g/mol. The van der Waals surface area contributed by atoms with Gasteiger partial charge in [-0.25, -0.2) is 13.2 Å². The molecule has 1 aromatic rings. The van der Waals surface area contributed by atoms with Crippen LogP contribution in [0.25, 0.3) is 0 Å². The van der Waals surface area contributed by atoms with E-state index in [1.54, 1.807) is 20.8 Å². The maximum Gasteiger partial charge on any atom is 0.326 e. The summed E-state index contributed by atoms with van der Waals surface area (Å²) in [6.07, 6.45) is 1.66. The van der Waals surface area contributed by atoms with Crippen LogP contribution in [0.3, 0.4) is 0 Å². The number of carbonyl (C=O) groups is 2. The van der Waals surface area contributed by atoms with E-state index in [4.69, 9.17) is 0 Å². The first-order valence-corrected chi connectivity index (χ1v) is 9.23. The van der Waals surface area contributed by atoms with Crippen LogP contribution in [0.1, 0.15) is 41.8 Å². The van der Waals surface area contributed by atoms with Crippen molar-refractivity contribution in [1.29, 1.82) is 0 Å². The van der Waals surface area contributed by atoms with Crippen molar-refractivity contribution in [2.45, 2.75) is 45.1 Å². The lowest BCUT2D eigenvalue weighted by Gasteiger charge is -2.21. The van der Waals surface area contributed by atoms with E-state index in [0.717, 1.165) is 6.26 Å². The Morgan fingerprint density at radius 3 is 2.26 bits per heavy atom. The Hall–Kier alpha value is -1.89. The Bertz CT molecular complexity index is 724. The maximum absolute atomic E-state index is 12.5. The third kappa shape index (κ3) is 4.54. The van der Waals surface area contributed by atoms with Crippen molar-refractivity contribution >= 4 is 21.7 Å². The first kappa shape index (κ1) is 19.2. The number of carboxylic acid groups (broad SMARTS) is 1. The van der Waals surface area contributed by atoms with Crippen LogP contribution in [0.2, 0.25) is 0 Å². The molecule has 1 amide bonds. The maximum atomic E-state index is 12.5. The highest BCUT2D eigenvalue weighted by atomic mass is 32.2. The molecule has 0 heterocycles. The number of hydrogen-bond donors (Lipinski definition) is 2. The van der Waals surface area contributed by atoms with Gasteiger partial charge in [0.05, 0.1) is 4.90 Å². The predicted octanol–water partition coefficient (Wildman–Crippen LogP) is 1.94. The summed E-state index contributed by atoms with van der Waals surface area (Å²) < 4.78 is 23.5. The van der Waals surface area contributed by atoms with E-state index in [9.17, 15) is 23.1 Å². The van der Waals surface area contributed by atoms with Gasteiger partial charge in [0.1, 0.15) is 6.04 Å². The number of benzene rings is 1. The molecular weight excluding hydrogens is 318 g/mol. The molecule has 7 heteroatoms. The highest BCUT2D eigenvalue weighted by molar-refractivity contribution is 7.90. The van der Waals surface area contributed by atoms with Crippen molar-refractivity contribution in [3.05, 3.63) is 28.8 Å². The SMILES string of the molecule is CCC(C)C(NC(=O)c1cc(S(C)(=O)=O)cc(C)c1C)C(=O)O. The zero-order valence-electron chi connectivity index (χ0n) is 14.0. The number of carbonyl (C=O) groups excluding carboxylic acids is 1. The van der Waals surface area contributed by atoms with Crippen LogP contribution >= 0.6 is 0 Å². The van der Waals surface area contributed by atoms with Crippen molar-refractivity contribution in [2.75, 3.05) is 6.26 Å². The van der Waals surface area contributed by atoms with Crippen LogP contribution in [0.5, 0.6) is 0 Å². The molecule has 0 bridgehead atoms. The minimum atomic E-state index is -3.46. The van der Waals surface area contributed by atoms with Gasteiger partial charge in [0.25, 0.3) is 5.91 Å². The van der Waals surface area contributed by atoms with Gasteiger partial charge < -0.3 is 10.4 Å². The average Bonchev–Trinajstić information content (AvgIpc) is 2.44. The van der Waals surface area contributed by atoms with Crippen molar-refractivity contribution in [3.63, 3.8) is 0 Å². The molecule has 2 unspecified atom stereocenters. The summed E-state index contributed by atoms with van der Waals surface area (Å²) in [5.41, 5.74) is 1.47. The molecule has 1 rings (SSSR count). The highest BCUT2D eigenvalue weighted by Gasteiger charge is 2.27. The van der Waals surface area contributed by atoms with Crippen molar-refractivity contribution in [2.24, 2.45) is 5.92 Å². The lowest BCUT2D eigenvalue weighted by atomic mass is 9.97. The van der Waals surface area contributed by atoms with Crippen molar-refractivity contribution in [3.8, 4) is 0 Å². The van der Waals surface area contributed by atoms with Gasteiger partial charge in [-0.1, -0.05) is 20.3 Å². The summed E-state index contributed by atoms with van der Waals surface area (Å²) >= 11 is 0. The Balaban J connectivity index is 3.27. The minimum Gasteiger partial charge on any atom is -0.480 e. The van der Waals surface area contributed by atoms with Crippen LogP contribution in [0.15, 0.2) is 17.0 Å². The number of carboxylic acids is 1. The fourth-order valence-corrected chi connectivity index (χ4v) is 2.90. The van der Waals surface area contributed by atoms with E-state index in [0.29, 0.717) is 17.5 Å². The Morgan fingerprint density at radius 1 is 1.26 bits per heavy atom. The highest BCUT2D eigenvalue weighted by Crippen LogP contribution is 2.20. The van der Waals surface area contributed by atoms with Gasteiger partial charge in [0.2, 0.25) is 0 Å². The molecule has 0 aliphatic heterocycles. The van der Waals surface area contributed by atoms with E-state index in [2.05, 4.69) is 5.32 Å². The summed E-state index contributed by atoms with van der Waals surface area (Å²) in [6.45, 7) is 7.00. The smallest absolute Gasteiger partial charge is 0.326 e. The fraction of sp³-hybridized carbons (Fsp3) is 0.500. The Morgan fingerprint density at radius 2 is 1.83 bits per heavy atom. The fourth-order valence-electron chi connectivity index (χ4n) is 2.18. The second kappa shape index (κ2) is 7.12. The topological polar surface area (TPSA) is 101 Å². The number of amides is 1. The number of aliphatic carboxylic acids is 1. The molecule has 0 spiro atoms. The summed E-state index contributed by atoms with van der Waals surface area (Å²) in [5, 5.41) is 11.8. The molecular formula is C16H23NO5S. The molecule has 0 saturated carbocycles. The van der Waals surface area contributed by atoms with E-state index in [-0.39, 0.29) is 16.4 Å². The molecule has 2 atom stereocenters. The van der Waals surface area contributed by atoms with Crippen molar-refractivity contribution < 1.29 is 23.1 Å². The molecule has 128 valence electrons. The third-order valence-electron chi connectivity index (χ3n) is 4.08. The Labute approximate surface area is 136 Å². The average molecular weight is 341 g/mol. The normalized spacial score (nSPS) is 14.1. The van der Waals surface area contributed by atoms with Gasteiger partial charge in [0.15, 0.2) is 9.84 Å². The first-order chi connectivity index (χ1) is 10.5. The van der Waals surface area contributed by atoms with Crippen LogP contribution in [-0.2, 0) is 14.6 Å². The largest absolute Gasteiger partial charge is 0.480 e. The number of sulfone groups is 1. The third-order valence-corrected chi connectivity index (χ3v) is 5.17. The molecule has 0 aliphatic carbocycles. The molecule has 0 saturated heterocycles. The standard InChI is InChI=1S/C16H23NO5S/c1-6-9(2)14(16(19)20)17-15(18)13-8-12(23(5,21)22)7-10(3)11(13)4/h7-9,14H,6H2,1-5H3,(H,17,18)(H,19,20).